The van der Waals surface area contributed by atoms with Crippen molar-refractivity contribution in [3.8, 4) is 11.4 Å². The van der Waals surface area contributed by atoms with Crippen molar-refractivity contribution in [1.29, 1.82) is 0 Å². The normalized spacial score (nSPS) is 10.9. The molecule has 0 aliphatic rings. The van der Waals surface area contributed by atoms with Crippen molar-refractivity contribution in [1.82, 2.24) is 9.78 Å². The topological polar surface area (TPSA) is 64.3 Å². The van der Waals surface area contributed by atoms with E-state index in [1.165, 1.54) is 0 Å². The van der Waals surface area contributed by atoms with Gasteiger partial charge in [0, 0.05) is 11.6 Å². The molecule has 2 aromatic rings. The van der Waals surface area contributed by atoms with Crippen molar-refractivity contribution < 1.29 is 14.6 Å². The summed E-state index contributed by atoms with van der Waals surface area (Å²) < 4.78 is 6.87. The SMILES string of the molecule is CCC(CC)c1cc(C(=O)O)nn1-c1ccc(OC)cc1. The molecule has 0 radical (unpaired) electrons. The lowest BCUT2D eigenvalue weighted by Crippen LogP contribution is -2.07. The Morgan fingerprint density at radius 1 is 1.29 bits per heavy atom. The molecule has 2 rings (SSSR count). The fourth-order valence-corrected chi connectivity index (χ4v) is 2.43. The lowest BCUT2D eigenvalue weighted by molar-refractivity contribution is 0.0690. The highest BCUT2D eigenvalue weighted by Gasteiger charge is 2.19. The predicted octanol–water partition coefficient (Wildman–Crippen LogP) is 3.48. The maximum absolute atomic E-state index is 11.2. The van der Waals surface area contributed by atoms with E-state index >= 15 is 0 Å². The second-order valence-corrected chi connectivity index (χ2v) is 4.88. The number of hydrogen-bond donors (Lipinski definition) is 1. The smallest absolute Gasteiger partial charge is 0.356 e. The Labute approximate surface area is 124 Å². The number of methoxy groups -OCH3 is 1. The summed E-state index contributed by atoms with van der Waals surface area (Å²) in [5.41, 5.74) is 1.85. The van der Waals surface area contributed by atoms with Crippen molar-refractivity contribution in [2.45, 2.75) is 32.6 Å². The zero-order valence-corrected chi connectivity index (χ0v) is 12.5. The molecule has 0 saturated heterocycles. The molecular formula is C16H20N2O3. The van der Waals surface area contributed by atoms with Crippen LogP contribution in [0.2, 0.25) is 0 Å². The first-order valence-electron chi connectivity index (χ1n) is 7.08. The first-order chi connectivity index (χ1) is 10.1. The lowest BCUT2D eigenvalue weighted by Gasteiger charge is -2.15. The van der Waals surface area contributed by atoms with Gasteiger partial charge in [-0.2, -0.15) is 5.10 Å². The van der Waals surface area contributed by atoms with Crippen LogP contribution in [0.3, 0.4) is 0 Å². The van der Waals surface area contributed by atoms with Crippen LogP contribution in [0.25, 0.3) is 5.69 Å². The average molecular weight is 288 g/mol. The number of benzene rings is 1. The Hall–Kier alpha value is -2.30. The van der Waals surface area contributed by atoms with Crippen LogP contribution < -0.4 is 4.74 Å². The molecule has 0 spiro atoms. The molecule has 5 nitrogen and oxygen atoms in total. The molecule has 112 valence electrons. The Morgan fingerprint density at radius 3 is 2.38 bits per heavy atom. The van der Waals surface area contributed by atoms with Gasteiger partial charge in [-0.1, -0.05) is 13.8 Å². The Morgan fingerprint density at radius 2 is 1.90 bits per heavy atom. The van der Waals surface area contributed by atoms with E-state index in [2.05, 4.69) is 18.9 Å². The van der Waals surface area contributed by atoms with Gasteiger partial charge < -0.3 is 9.84 Å². The highest BCUT2D eigenvalue weighted by molar-refractivity contribution is 5.85. The molecule has 1 aromatic heterocycles. The van der Waals surface area contributed by atoms with Gasteiger partial charge in [0.05, 0.1) is 12.8 Å². The Balaban J connectivity index is 2.51. The number of hydrogen-bond acceptors (Lipinski definition) is 3. The molecule has 0 fully saturated rings. The van der Waals surface area contributed by atoms with Gasteiger partial charge >= 0.3 is 5.97 Å². The van der Waals surface area contributed by atoms with Gasteiger partial charge in [0.2, 0.25) is 0 Å². The van der Waals surface area contributed by atoms with Crippen LogP contribution in [0.1, 0.15) is 48.8 Å². The first-order valence-corrected chi connectivity index (χ1v) is 7.08. The number of nitrogens with zero attached hydrogens (tertiary/aromatic N) is 2. The van der Waals surface area contributed by atoms with Crippen LogP contribution in [-0.2, 0) is 0 Å². The molecule has 0 atom stereocenters. The number of carboxylic acids is 1. The van der Waals surface area contributed by atoms with E-state index in [0.717, 1.165) is 30.0 Å². The Bertz CT molecular complexity index is 613. The molecule has 0 aliphatic heterocycles. The number of aromatic carboxylic acids is 1. The number of rotatable bonds is 6. The maximum atomic E-state index is 11.2. The summed E-state index contributed by atoms with van der Waals surface area (Å²) in [5.74, 6) is 0.0376. The summed E-state index contributed by atoms with van der Waals surface area (Å²) >= 11 is 0. The highest BCUT2D eigenvalue weighted by Crippen LogP contribution is 2.27. The van der Waals surface area contributed by atoms with E-state index < -0.39 is 5.97 Å². The van der Waals surface area contributed by atoms with E-state index in [9.17, 15) is 9.90 Å². The molecule has 0 unspecified atom stereocenters. The van der Waals surface area contributed by atoms with E-state index in [0.29, 0.717) is 0 Å². The molecule has 5 heteroatoms. The van der Waals surface area contributed by atoms with Gasteiger partial charge in [-0.15, -0.1) is 0 Å². The van der Waals surface area contributed by atoms with Crippen molar-refractivity contribution >= 4 is 5.97 Å². The molecule has 0 saturated carbocycles. The van der Waals surface area contributed by atoms with Crippen molar-refractivity contribution in [3.63, 3.8) is 0 Å². The van der Waals surface area contributed by atoms with Crippen LogP contribution >= 0.6 is 0 Å². The van der Waals surface area contributed by atoms with Gasteiger partial charge in [0.1, 0.15) is 5.75 Å². The second-order valence-electron chi connectivity index (χ2n) is 4.88. The van der Waals surface area contributed by atoms with E-state index in [4.69, 9.17) is 4.74 Å². The number of ether oxygens (including phenoxy) is 1. The van der Waals surface area contributed by atoms with Gasteiger partial charge in [0.25, 0.3) is 0 Å². The standard InChI is InChI=1S/C16H20N2O3/c1-4-11(5-2)15-10-14(16(19)20)17-18(15)12-6-8-13(21-3)9-7-12/h6-11H,4-5H2,1-3H3,(H,19,20). The second kappa shape index (κ2) is 6.43. The van der Waals surface area contributed by atoms with Gasteiger partial charge in [-0.3, -0.25) is 0 Å². The molecule has 1 aromatic carbocycles. The number of aromatic nitrogens is 2. The van der Waals surface area contributed by atoms with E-state index in [-0.39, 0.29) is 11.6 Å². The molecule has 1 heterocycles. The third-order valence-electron chi connectivity index (χ3n) is 3.68. The molecular weight excluding hydrogens is 268 g/mol. The zero-order chi connectivity index (χ0) is 15.4. The van der Waals surface area contributed by atoms with Gasteiger partial charge in [-0.05, 0) is 43.2 Å². The average Bonchev–Trinajstić information content (AvgIpc) is 2.94. The largest absolute Gasteiger partial charge is 0.497 e. The fraction of sp³-hybridized carbons (Fsp3) is 0.375. The monoisotopic (exact) mass is 288 g/mol. The minimum atomic E-state index is -1.01. The van der Waals surface area contributed by atoms with Crippen molar-refractivity contribution in [3.05, 3.63) is 41.7 Å². The lowest BCUT2D eigenvalue weighted by atomic mass is 9.99. The van der Waals surface area contributed by atoms with Crippen LogP contribution in [0, 0.1) is 0 Å². The summed E-state index contributed by atoms with van der Waals surface area (Å²) in [4.78, 5) is 11.2. The van der Waals surface area contributed by atoms with Crippen LogP contribution in [0.15, 0.2) is 30.3 Å². The van der Waals surface area contributed by atoms with E-state index in [1.807, 2.05) is 24.3 Å². The predicted molar refractivity (Wildman–Crippen MR) is 80.4 cm³/mol. The summed E-state index contributed by atoms with van der Waals surface area (Å²) in [7, 11) is 1.61. The van der Waals surface area contributed by atoms with Crippen LogP contribution in [0.4, 0.5) is 0 Å². The minimum Gasteiger partial charge on any atom is -0.497 e. The number of carbonyl (C=O) groups is 1. The summed E-state index contributed by atoms with van der Waals surface area (Å²) in [5, 5.41) is 13.4. The first kappa shape index (κ1) is 15.1. The quantitative estimate of drug-likeness (QED) is 0.883. The highest BCUT2D eigenvalue weighted by atomic mass is 16.5. The van der Waals surface area contributed by atoms with Gasteiger partial charge in [0.15, 0.2) is 5.69 Å². The maximum Gasteiger partial charge on any atom is 0.356 e. The van der Waals surface area contributed by atoms with Gasteiger partial charge in [-0.25, -0.2) is 9.48 Å². The summed E-state index contributed by atoms with van der Waals surface area (Å²) in [6.07, 6.45) is 1.88. The zero-order valence-electron chi connectivity index (χ0n) is 12.5. The fourth-order valence-electron chi connectivity index (χ4n) is 2.43. The molecule has 0 aliphatic carbocycles. The summed E-state index contributed by atoms with van der Waals surface area (Å²) in [6.45, 7) is 4.19. The van der Waals surface area contributed by atoms with Crippen LogP contribution in [0.5, 0.6) is 5.75 Å². The number of carboxylic acid groups (broad SMARTS) is 1. The molecule has 1 N–H and O–H groups in total. The third kappa shape index (κ3) is 3.07. The summed E-state index contributed by atoms with van der Waals surface area (Å²) in [6, 6.07) is 9.11. The van der Waals surface area contributed by atoms with Crippen LogP contribution in [-0.4, -0.2) is 28.0 Å². The molecule has 21 heavy (non-hydrogen) atoms. The molecule has 0 bridgehead atoms. The minimum absolute atomic E-state index is 0.0766. The van der Waals surface area contributed by atoms with Crippen molar-refractivity contribution in [2.24, 2.45) is 0 Å². The van der Waals surface area contributed by atoms with E-state index in [1.54, 1.807) is 17.9 Å². The Kier molecular flexibility index (Phi) is 4.62. The third-order valence-corrected chi connectivity index (χ3v) is 3.68. The van der Waals surface area contributed by atoms with Crippen molar-refractivity contribution in [2.75, 3.05) is 7.11 Å². The molecule has 0 amide bonds.